The van der Waals surface area contributed by atoms with Gasteiger partial charge in [0.15, 0.2) is 0 Å². The van der Waals surface area contributed by atoms with E-state index in [0.29, 0.717) is 16.1 Å². The first-order chi connectivity index (χ1) is 10.1. The molecule has 0 atom stereocenters. The summed E-state index contributed by atoms with van der Waals surface area (Å²) in [7, 11) is 0. The number of amides is 1. The molecule has 0 saturated heterocycles. The number of rotatable bonds is 6. The van der Waals surface area contributed by atoms with Gasteiger partial charge in [-0.1, -0.05) is 24.9 Å². The molecule has 1 amide bonds. The summed E-state index contributed by atoms with van der Waals surface area (Å²) in [5, 5.41) is 7.40. The lowest BCUT2D eigenvalue weighted by molar-refractivity contribution is -0.115. The molecule has 3 N–H and O–H groups in total. The topological polar surface area (TPSA) is 74.0 Å². The minimum absolute atomic E-state index is 0.155. The first kappa shape index (κ1) is 15.5. The Kier molecular flexibility index (Phi) is 5.36. The predicted octanol–water partition coefficient (Wildman–Crippen LogP) is 2.51. The van der Waals surface area contributed by atoms with Crippen molar-refractivity contribution in [2.75, 3.05) is 18.4 Å². The van der Waals surface area contributed by atoms with Crippen molar-refractivity contribution in [2.24, 2.45) is 0 Å². The number of H-pyrrole nitrogens is 1. The van der Waals surface area contributed by atoms with Crippen molar-refractivity contribution in [2.45, 2.75) is 19.8 Å². The Bertz CT molecular complexity index is 697. The van der Waals surface area contributed by atoms with Crippen LogP contribution in [0.1, 0.15) is 19.8 Å². The third-order valence-corrected chi connectivity index (χ3v) is 3.44. The molecule has 112 valence electrons. The number of benzene rings is 1. The Balaban J connectivity index is 2.10. The third-order valence-electron chi connectivity index (χ3n) is 3.13. The number of carbonyl (C=O) groups is 1. The van der Waals surface area contributed by atoms with Crippen LogP contribution in [0.2, 0.25) is 5.02 Å². The molecular formula is C15H18ClN3O2. The second kappa shape index (κ2) is 7.24. The van der Waals surface area contributed by atoms with E-state index in [4.69, 9.17) is 11.6 Å². The van der Waals surface area contributed by atoms with Crippen LogP contribution in [0.25, 0.3) is 10.8 Å². The van der Waals surface area contributed by atoms with E-state index in [0.717, 1.165) is 24.8 Å². The van der Waals surface area contributed by atoms with Gasteiger partial charge in [0.1, 0.15) is 0 Å². The van der Waals surface area contributed by atoms with Crippen LogP contribution >= 0.6 is 11.6 Å². The average Bonchev–Trinajstić information content (AvgIpc) is 2.46. The Morgan fingerprint density at radius 2 is 2.19 bits per heavy atom. The molecule has 1 aromatic carbocycles. The van der Waals surface area contributed by atoms with Gasteiger partial charge in [-0.15, -0.1) is 0 Å². The summed E-state index contributed by atoms with van der Waals surface area (Å²) >= 11 is 6.12. The Morgan fingerprint density at radius 3 is 2.95 bits per heavy atom. The van der Waals surface area contributed by atoms with Crippen LogP contribution in [-0.4, -0.2) is 24.0 Å². The molecule has 2 rings (SSSR count). The number of halogens is 1. The zero-order valence-electron chi connectivity index (χ0n) is 11.8. The molecule has 1 heterocycles. The number of hydrogen-bond donors (Lipinski definition) is 3. The minimum Gasteiger partial charge on any atom is -0.329 e. The van der Waals surface area contributed by atoms with E-state index in [1.165, 1.54) is 0 Å². The van der Waals surface area contributed by atoms with Gasteiger partial charge in [-0.3, -0.25) is 9.59 Å². The molecule has 6 heteroatoms. The fourth-order valence-corrected chi connectivity index (χ4v) is 2.21. The minimum atomic E-state index is -0.200. The lowest BCUT2D eigenvalue weighted by Crippen LogP contribution is -2.28. The maximum Gasteiger partial charge on any atom is 0.255 e. The lowest BCUT2D eigenvalue weighted by atomic mass is 10.1. The van der Waals surface area contributed by atoms with Gasteiger partial charge in [0.05, 0.1) is 17.3 Å². The van der Waals surface area contributed by atoms with Crippen molar-refractivity contribution in [3.8, 4) is 0 Å². The maximum atomic E-state index is 11.8. The lowest BCUT2D eigenvalue weighted by Gasteiger charge is -2.09. The SMILES string of the molecule is CCCCNCC(=O)Nc1cc2cc[nH]c(=O)c2cc1Cl. The van der Waals surface area contributed by atoms with Crippen LogP contribution in [0.4, 0.5) is 5.69 Å². The monoisotopic (exact) mass is 307 g/mol. The van der Waals surface area contributed by atoms with Crippen molar-refractivity contribution in [1.29, 1.82) is 0 Å². The summed E-state index contributed by atoms with van der Waals surface area (Å²) in [6, 6.07) is 5.04. The highest BCUT2D eigenvalue weighted by atomic mass is 35.5. The summed E-state index contributed by atoms with van der Waals surface area (Å²) in [4.78, 5) is 26.1. The van der Waals surface area contributed by atoms with Gasteiger partial charge in [0, 0.05) is 11.6 Å². The van der Waals surface area contributed by atoms with Crippen molar-refractivity contribution in [1.82, 2.24) is 10.3 Å². The Labute approximate surface area is 127 Å². The van der Waals surface area contributed by atoms with Crippen molar-refractivity contribution >= 4 is 34.0 Å². The normalized spacial score (nSPS) is 10.8. The number of aromatic nitrogens is 1. The number of fused-ring (bicyclic) bond motifs is 1. The molecule has 0 saturated carbocycles. The first-order valence-electron chi connectivity index (χ1n) is 6.93. The zero-order valence-corrected chi connectivity index (χ0v) is 12.6. The molecule has 0 radical (unpaired) electrons. The standard InChI is InChI=1S/C15H18ClN3O2/c1-2-3-5-17-9-14(20)19-13-7-10-4-6-18-15(21)11(10)8-12(13)16/h4,6-8,17H,2-3,5,9H2,1H3,(H,18,21)(H,19,20). The van der Waals surface area contributed by atoms with Gasteiger partial charge in [-0.2, -0.15) is 0 Å². The van der Waals surface area contributed by atoms with Crippen LogP contribution in [0, 0.1) is 0 Å². The van der Waals surface area contributed by atoms with E-state index >= 15 is 0 Å². The highest BCUT2D eigenvalue weighted by molar-refractivity contribution is 6.34. The van der Waals surface area contributed by atoms with Crippen molar-refractivity contribution in [3.63, 3.8) is 0 Å². The van der Waals surface area contributed by atoms with Crippen molar-refractivity contribution in [3.05, 3.63) is 39.8 Å². The molecule has 0 aliphatic heterocycles. The third kappa shape index (κ3) is 4.06. The number of aromatic amines is 1. The van der Waals surface area contributed by atoms with E-state index in [9.17, 15) is 9.59 Å². The highest BCUT2D eigenvalue weighted by Gasteiger charge is 2.08. The number of hydrogen-bond acceptors (Lipinski definition) is 3. The fraction of sp³-hybridized carbons (Fsp3) is 0.333. The second-order valence-corrected chi connectivity index (χ2v) is 5.21. The number of pyridine rings is 1. The summed E-state index contributed by atoms with van der Waals surface area (Å²) in [6.07, 6.45) is 3.68. The van der Waals surface area contributed by atoms with Gasteiger partial charge >= 0.3 is 0 Å². The molecule has 0 bridgehead atoms. The quantitative estimate of drug-likeness (QED) is 0.718. The van der Waals surface area contributed by atoms with Gasteiger partial charge in [-0.05, 0) is 36.6 Å². The highest BCUT2D eigenvalue weighted by Crippen LogP contribution is 2.26. The number of anilines is 1. The molecule has 1 aromatic heterocycles. The van der Waals surface area contributed by atoms with Crippen LogP contribution in [0.3, 0.4) is 0 Å². The number of nitrogens with one attached hydrogen (secondary N) is 3. The predicted molar refractivity (Wildman–Crippen MR) is 86.0 cm³/mol. The summed E-state index contributed by atoms with van der Waals surface area (Å²) in [5.74, 6) is -0.155. The average molecular weight is 308 g/mol. The van der Waals surface area contributed by atoms with Gasteiger partial charge < -0.3 is 15.6 Å². The summed E-state index contributed by atoms with van der Waals surface area (Å²) in [5.41, 5.74) is 0.311. The second-order valence-electron chi connectivity index (χ2n) is 4.80. The Hall–Kier alpha value is -1.85. The number of unbranched alkanes of at least 4 members (excludes halogenated alkanes) is 1. The molecule has 0 aliphatic carbocycles. The first-order valence-corrected chi connectivity index (χ1v) is 7.31. The summed E-state index contributed by atoms with van der Waals surface area (Å²) in [6.45, 7) is 3.15. The number of carbonyl (C=O) groups excluding carboxylic acids is 1. The van der Waals surface area contributed by atoms with E-state index in [2.05, 4.69) is 22.5 Å². The van der Waals surface area contributed by atoms with E-state index < -0.39 is 0 Å². The Morgan fingerprint density at radius 1 is 1.38 bits per heavy atom. The molecular weight excluding hydrogens is 290 g/mol. The van der Waals surface area contributed by atoms with Crippen LogP contribution in [-0.2, 0) is 4.79 Å². The molecule has 0 aliphatic rings. The fourth-order valence-electron chi connectivity index (χ4n) is 2.00. The molecule has 0 spiro atoms. The van der Waals surface area contributed by atoms with E-state index in [1.54, 1.807) is 24.4 Å². The molecule has 2 aromatic rings. The molecule has 5 nitrogen and oxygen atoms in total. The van der Waals surface area contributed by atoms with Crippen LogP contribution in [0.15, 0.2) is 29.2 Å². The largest absolute Gasteiger partial charge is 0.329 e. The van der Waals surface area contributed by atoms with Crippen LogP contribution < -0.4 is 16.2 Å². The zero-order chi connectivity index (χ0) is 15.2. The molecule has 0 fully saturated rings. The van der Waals surface area contributed by atoms with E-state index in [1.807, 2.05) is 0 Å². The van der Waals surface area contributed by atoms with Crippen LogP contribution in [0.5, 0.6) is 0 Å². The van der Waals surface area contributed by atoms with Gasteiger partial charge in [0.2, 0.25) is 5.91 Å². The van der Waals surface area contributed by atoms with Gasteiger partial charge in [0.25, 0.3) is 5.56 Å². The van der Waals surface area contributed by atoms with Gasteiger partial charge in [-0.25, -0.2) is 0 Å². The molecule has 0 unspecified atom stereocenters. The van der Waals surface area contributed by atoms with E-state index in [-0.39, 0.29) is 18.0 Å². The summed E-state index contributed by atoms with van der Waals surface area (Å²) < 4.78 is 0. The smallest absolute Gasteiger partial charge is 0.255 e. The maximum absolute atomic E-state index is 11.8. The molecule has 21 heavy (non-hydrogen) atoms. The van der Waals surface area contributed by atoms with Crippen molar-refractivity contribution < 1.29 is 4.79 Å².